The highest BCUT2D eigenvalue weighted by atomic mass is 19.4. The van der Waals surface area contributed by atoms with E-state index >= 15 is 0 Å². The zero-order chi connectivity index (χ0) is 19.5. The number of fused-ring (bicyclic) bond motifs is 1. The van der Waals surface area contributed by atoms with Crippen molar-refractivity contribution in [1.29, 1.82) is 0 Å². The van der Waals surface area contributed by atoms with Gasteiger partial charge in [-0.05, 0) is 18.2 Å². The Labute approximate surface area is 144 Å². The summed E-state index contributed by atoms with van der Waals surface area (Å²) >= 11 is 0. The van der Waals surface area contributed by atoms with Crippen LogP contribution in [0, 0.1) is 0 Å². The molecule has 0 saturated carbocycles. The molecule has 0 aliphatic heterocycles. The van der Waals surface area contributed by atoms with Crippen molar-refractivity contribution in [3.63, 3.8) is 0 Å². The molecule has 1 aromatic heterocycles. The standard InChI is InChI=1S/C16H12F3NO6/c1-24-14(22)6-10(15(23)25-2)20-8-3-4-12-9(5-8)11(21)7-13(26-12)16(17,18)19/h3-7,20H,1-2H3/b10-6+. The molecule has 0 aliphatic carbocycles. The molecule has 0 unspecified atom stereocenters. The fourth-order valence-electron chi connectivity index (χ4n) is 1.96. The Bertz CT molecular complexity index is 945. The van der Waals surface area contributed by atoms with E-state index in [0.717, 1.165) is 26.4 Å². The zero-order valence-corrected chi connectivity index (χ0v) is 13.5. The lowest BCUT2D eigenvalue weighted by Crippen LogP contribution is -2.16. The van der Waals surface area contributed by atoms with Crippen LogP contribution in [0.2, 0.25) is 0 Å². The minimum absolute atomic E-state index is 0.144. The molecule has 0 radical (unpaired) electrons. The van der Waals surface area contributed by atoms with E-state index in [9.17, 15) is 27.6 Å². The van der Waals surface area contributed by atoms with Crippen LogP contribution in [0.3, 0.4) is 0 Å². The van der Waals surface area contributed by atoms with E-state index in [1.807, 2.05) is 0 Å². The van der Waals surface area contributed by atoms with Crippen LogP contribution in [0.4, 0.5) is 18.9 Å². The molecule has 1 N–H and O–H groups in total. The Kier molecular flexibility index (Phi) is 5.34. The Balaban J connectivity index is 2.46. The number of rotatable bonds is 4. The van der Waals surface area contributed by atoms with Crippen LogP contribution in [0.5, 0.6) is 0 Å². The van der Waals surface area contributed by atoms with E-state index in [1.165, 1.54) is 12.1 Å². The topological polar surface area (TPSA) is 94.8 Å². The fraction of sp³-hybridized carbons (Fsp3) is 0.188. The predicted molar refractivity (Wildman–Crippen MR) is 83.2 cm³/mol. The van der Waals surface area contributed by atoms with E-state index in [-0.39, 0.29) is 22.4 Å². The van der Waals surface area contributed by atoms with Gasteiger partial charge in [-0.2, -0.15) is 13.2 Å². The van der Waals surface area contributed by atoms with Crippen molar-refractivity contribution < 1.29 is 36.7 Å². The van der Waals surface area contributed by atoms with Crippen LogP contribution in [0.25, 0.3) is 11.0 Å². The summed E-state index contributed by atoms with van der Waals surface area (Å²) in [4.78, 5) is 34.9. The van der Waals surface area contributed by atoms with Crippen LogP contribution >= 0.6 is 0 Å². The lowest BCUT2D eigenvalue weighted by Gasteiger charge is -2.10. The van der Waals surface area contributed by atoms with Gasteiger partial charge in [-0.3, -0.25) is 4.79 Å². The maximum Gasteiger partial charge on any atom is 0.449 e. The Morgan fingerprint density at radius 3 is 2.42 bits per heavy atom. The van der Waals surface area contributed by atoms with Crippen molar-refractivity contribution in [3.05, 3.63) is 52.0 Å². The van der Waals surface area contributed by atoms with Crippen LogP contribution in [0.1, 0.15) is 5.76 Å². The maximum atomic E-state index is 12.7. The van der Waals surface area contributed by atoms with E-state index in [0.29, 0.717) is 6.07 Å². The number of hydrogen-bond donors (Lipinski definition) is 1. The number of methoxy groups -OCH3 is 2. The summed E-state index contributed by atoms with van der Waals surface area (Å²) in [5, 5.41) is 2.39. The molecular formula is C16H12F3NO6. The first-order valence-corrected chi connectivity index (χ1v) is 6.96. The van der Waals surface area contributed by atoms with Gasteiger partial charge in [0.1, 0.15) is 11.3 Å². The van der Waals surface area contributed by atoms with Gasteiger partial charge < -0.3 is 19.2 Å². The summed E-state index contributed by atoms with van der Waals surface area (Å²) in [7, 11) is 2.19. The summed E-state index contributed by atoms with van der Waals surface area (Å²) < 4.78 is 51.7. The molecule has 0 amide bonds. The Hall–Kier alpha value is -3.30. The van der Waals surface area contributed by atoms with Crippen LogP contribution in [0.15, 0.2) is 45.3 Å². The van der Waals surface area contributed by atoms with Crippen LogP contribution in [-0.4, -0.2) is 26.2 Å². The van der Waals surface area contributed by atoms with Crippen molar-refractivity contribution in [1.82, 2.24) is 0 Å². The highest BCUT2D eigenvalue weighted by Crippen LogP contribution is 2.30. The molecule has 0 bridgehead atoms. The molecule has 2 rings (SSSR count). The van der Waals surface area contributed by atoms with Gasteiger partial charge in [-0.1, -0.05) is 0 Å². The molecule has 7 nitrogen and oxygen atoms in total. The quantitative estimate of drug-likeness (QED) is 0.652. The first-order valence-electron chi connectivity index (χ1n) is 6.96. The average molecular weight is 371 g/mol. The average Bonchev–Trinajstić information content (AvgIpc) is 2.59. The second kappa shape index (κ2) is 7.30. The SMILES string of the molecule is COC(=O)/C=C(/Nc1ccc2oc(C(F)(F)F)cc(=O)c2c1)C(=O)OC. The van der Waals surface area contributed by atoms with Crippen molar-refractivity contribution in [3.8, 4) is 0 Å². The molecule has 0 atom stereocenters. The lowest BCUT2D eigenvalue weighted by molar-refractivity contribution is -0.153. The van der Waals surface area contributed by atoms with Gasteiger partial charge in [0.15, 0.2) is 5.43 Å². The van der Waals surface area contributed by atoms with Crippen molar-refractivity contribution in [2.75, 3.05) is 19.5 Å². The molecule has 0 saturated heterocycles. The Morgan fingerprint density at radius 2 is 1.85 bits per heavy atom. The first kappa shape index (κ1) is 19.0. The molecular weight excluding hydrogens is 359 g/mol. The lowest BCUT2D eigenvalue weighted by atomic mass is 10.2. The molecule has 1 aromatic carbocycles. The third-order valence-corrected chi connectivity index (χ3v) is 3.15. The van der Waals surface area contributed by atoms with Crippen molar-refractivity contribution >= 4 is 28.6 Å². The smallest absolute Gasteiger partial charge is 0.449 e. The van der Waals surface area contributed by atoms with Gasteiger partial charge in [0.25, 0.3) is 0 Å². The second-order valence-corrected chi connectivity index (χ2v) is 4.88. The van der Waals surface area contributed by atoms with E-state index in [4.69, 9.17) is 0 Å². The van der Waals surface area contributed by atoms with Gasteiger partial charge in [-0.25, -0.2) is 9.59 Å². The molecule has 0 fully saturated rings. The number of alkyl halides is 3. The molecule has 0 aliphatic rings. The summed E-state index contributed by atoms with van der Waals surface area (Å²) in [6.45, 7) is 0. The molecule has 10 heteroatoms. The third kappa shape index (κ3) is 4.21. The van der Waals surface area contributed by atoms with E-state index < -0.39 is 29.3 Å². The normalized spacial score (nSPS) is 12.0. The first-order chi connectivity index (χ1) is 12.2. The third-order valence-electron chi connectivity index (χ3n) is 3.15. The monoisotopic (exact) mass is 371 g/mol. The predicted octanol–water partition coefficient (Wildman–Crippen LogP) is 2.45. The highest BCUT2D eigenvalue weighted by Gasteiger charge is 2.34. The van der Waals surface area contributed by atoms with Crippen molar-refractivity contribution in [2.45, 2.75) is 6.18 Å². The maximum absolute atomic E-state index is 12.7. The number of benzene rings is 1. The number of esters is 2. The highest BCUT2D eigenvalue weighted by molar-refractivity contribution is 5.99. The Morgan fingerprint density at radius 1 is 1.15 bits per heavy atom. The largest absolute Gasteiger partial charge is 0.466 e. The van der Waals surface area contributed by atoms with Crippen LogP contribution < -0.4 is 10.7 Å². The van der Waals surface area contributed by atoms with E-state index in [1.54, 1.807) is 0 Å². The summed E-state index contributed by atoms with van der Waals surface area (Å²) in [5.41, 5.74) is -1.36. The molecule has 0 spiro atoms. The van der Waals surface area contributed by atoms with E-state index in [2.05, 4.69) is 19.2 Å². The van der Waals surface area contributed by atoms with Crippen LogP contribution in [-0.2, 0) is 25.2 Å². The van der Waals surface area contributed by atoms with Gasteiger partial charge in [0.2, 0.25) is 5.76 Å². The summed E-state index contributed by atoms with van der Waals surface area (Å²) in [6.07, 6.45) is -3.98. The number of hydrogen-bond acceptors (Lipinski definition) is 7. The number of anilines is 1. The number of nitrogens with one attached hydrogen (secondary N) is 1. The van der Waals surface area contributed by atoms with Gasteiger partial charge in [-0.15, -0.1) is 0 Å². The zero-order valence-electron chi connectivity index (χ0n) is 13.5. The molecule has 138 valence electrons. The number of carbonyl (C=O) groups excluding carboxylic acids is 2. The minimum Gasteiger partial charge on any atom is -0.466 e. The minimum atomic E-state index is -4.80. The summed E-state index contributed by atoms with van der Waals surface area (Å²) in [6, 6.07) is 3.90. The van der Waals surface area contributed by atoms with Gasteiger partial charge in [0.05, 0.1) is 25.7 Å². The number of carbonyl (C=O) groups is 2. The van der Waals surface area contributed by atoms with Gasteiger partial charge >= 0.3 is 18.1 Å². The molecule has 2 aromatic rings. The van der Waals surface area contributed by atoms with Gasteiger partial charge in [0, 0.05) is 11.8 Å². The second-order valence-electron chi connectivity index (χ2n) is 4.88. The molecule has 1 heterocycles. The molecule has 26 heavy (non-hydrogen) atoms. The summed E-state index contributed by atoms with van der Waals surface area (Å²) in [5.74, 6) is -3.15. The number of halogens is 3. The number of ether oxygens (including phenoxy) is 2. The van der Waals surface area contributed by atoms with Crippen molar-refractivity contribution in [2.24, 2.45) is 0 Å². The fourth-order valence-corrected chi connectivity index (χ4v) is 1.96.